The van der Waals surface area contributed by atoms with Crippen molar-refractivity contribution in [2.45, 2.75) is 13.0 Å². The number of ether oxygens (including phenoxy) is 1. The Morgan fingerprint density at radius 2 is 2.17 bits per heavy atom. The van der Waals surface area contributed by atoms with Gasteiger partial charge in [-0.25, -0.2) is 0 Å². The first-order valence-corrected chi connectivity index (χ1v) is 4.83. The minimum Gasteiger partial charge on any atom is -0.490 e. The number of hydrogen-bond acceptors (Lipinski definition) is 2. The number of hydrogen-bond donors (Lipinski definition) is 1. The summed E-state index contributed by atoms with van der Waals surface area (Å²) in [5.41, 5.74) is 0. The molecule has 1 aromatic rings. The molecule has 0 bridgehead atoms. The quantitative estimate of drug-likeness (QED) is 0.857. The van der Waals surface area contributed by atoms with Crippen molar-refractivity contribution >= 4 is 22.6 Å². The molecule has 0 aliphatic rings. The molecule has 0 fully saturated rings. The molecule has 1 atom stereocenters. The Bertz CT molecular complexity index is 248. The van der Waals surface area contributed by atoms with Crippen molar-refractivity contribution in [1.29, 1.82) is 0 Å². The Balaban J connectivity index is 2.57. The van der Waals surface area contributed by atoms with E-state index in [1.165, 1.54) is 0 Å². The smallest absolute Gasteiger partial charge is 0.132 e. The zero-order chi connectivity index (χ0) is 8.97. The van der Waals surface area contributed by atoms with E-state index >= 15 is 0 Å². The molecule has 0 aromatic heterocycles. The second kappa shape index (κ2) is 4.67. The van der Waals surface area contributed by atoms with Crippen LogP contribution in [0.15, 0.2) is 24.3 Å². The molecule has 0 unspecified atom stereocenters. The lowest BCUT2D eigenvalue weighted by molar-refractivity contribution is 0.122. The second-order valence-electron chi connectivity index (χ2n) is 2.59. The lowest BCUT2D eigenvalue weighted by Crippen LogP contribution is -2.13. The van der Waals surface area contributed by atoms with Crippen molar-refractivity contribution < 1.29 is 9.84 Å². The minimum absolute atomic E-state index is 0.347. The highest BCUT2D eigenvalue weighted by Crippen LogP contribution is 2.19. The van der Waals surface area contributed by atoms with Gasteiger partial charge in [0, 0.05) is 0 Å². The summed E-state index contributed by atoms with van der Waals surface area (Å²) in [5, 5.41) is 8.98. The molecule has 0 radical (unpaired) electrons. The predicted molar refractivity (Wildman–Crippen MR) is 56.3 cm³/mol. The van der Waals surface area contributed by atoms with Crippen LogP contribution in [0.1, 0.15) is 6.92 Å². The fraction of sp³-hybridized carbons (Fsp3) is 0.333. The van der Waals surface area contributed by atoms with E-state index in [9.17, 15) is 0 Å². The lowest BCUT2D eigenvalue weighted by atomic mass is 10.3. The van der Waals surface area contributed by atoms with Crippen molar-refractivity contribution in [1.82, 2.24) is 0 Å². The summed E-state index contributed by atoms with van der Waals surface area (Å²) in [6, 6.07) is 7.73. The van der Waals surface area contributed by atoms with Gasteiger partial charge in [-0.05, 0) is 41.6 Å². The maximum Gasteiger partial charge on any atom is 0.132 e. The summed E-state index contributed by atoms with van der Waals surface area (Å²) < 4.78 is 6.41. The van der Waals surface area contributed by atoms with E-state index in [1.807, 2.05) is 24.3 Å². The Morgan fingerprint density at radius 1 is 1.50 bits per heavy atom. The highest BCUT2D eigenvalue weighted by molar-refractivity contribution is 14.1. The van der Waals surface area contributed by atoms with Gasteiger partial charge < -0.3 is 9.84 Å². The van der Waals surface area contributed by atoms with Crippen LogP contribution in [0, 0.1) is 3.57 Å². The molecule has 1 aromatic carbocycles. The van der Waals surface area contributed by atoms with Crippen LogP contribution in [0.3, 0.4) is 0 Å². The number of para-hydroxylation sites is 1. The van der Waals surface area contributed by atoms with Crippen LogP contribution in [0.4, 0.5) is 0 Å². The average Bonchev–Trinajstić information content (AvgIpc) is 2.03. The molecule has 1 N–H and O–H groups in total. The van der Waals surface area contributed by atoms with Crippen molar-refractivity contribution in [3.63, 3.8) is 0 Å². The molecule has 3 heteroatoms. The normalized spacial score (nSPS) is 12.6. The summed E-state index contributed by atoms with van der Waals surface area (Å²) in [5.74, 6) is 0.832. The van der Waals surface area contributed by atoms with Crippen LogP contribution in [0.25, 0.3) is 0 Å². The molecular weight excluding hydrogens is 267 g/mol. The number of rotatable bonds is 3. The van der Waals surface area contributed by atoms with E-state index in [4.69, 9.17) is 9.84 Å². The van der Waals surface area contributed by atoms with Crippen LogP contribution < -0.4 is 4.74 Å². The molecule has 12 heavy (non-hydrogen) atoms. The van der Waals surface area contributed by atoms with Gasteiger partial charge in [0.15, 0.2) is 0 Å². The summed E-state index contributed by atoms with van der Waals surface area (Å²) in [4.78, 5) is 0. The van der Waals surface area contributed by atoms with E-state index < -0.39 is 6.10 Å². The molecule has 1 rings (SSSR count). The van der Waals surface area contributed by atoms with E-state index in [2.05, 4.69) is 22.6 Å². The highest BCUT2D eigenvalue weighted by atomic mass is 127. The van der Waals surface area contributed by atoms with Gasteiger partial charge in [0.05, 0.1) is 9.67 Å². The maximum atomic E-state index is 8.98. The fourth-order valence-electron chi connectivity index (χ4n) is 0.772. The van der Waals surface area contributed by atoms with Crippen LogP contribution in [0.5, 0.6) is 5.75 Å². The van der Waals surface area contributed by atoms with Crippen molar-refractivity contribution in [2.24, 2.45) is 0 Å². The van der Waals surface area contributed by atoms with Crippen LogP contribution in [-0.2, 0) is 0 Å². The topological polar surface area (TPSA) is 29.5 Å². The molecule has 0 heterocycles. The van der Waals surface area contributed by atoms with Gasteiger partial charge in [0.2, 0.25) is 0 Å². The summed E-state index contributed by atoms with van der Waals surface area (Å²) >= 11 is 2.20. The largest absolute Gasteiger partial charge is 0.490 e. The van der Waals surface area contributed by atoms with Gasteiger partial charge in [-0.3, -0.25) is 0 Å². The first kappa shape index (κ1) is 9.80. The van der Waals surface area contributed by atoms with Crippen LogP contribution in [-0.4, -0.2) is 17.8 Å². The van der Waals surface area contributed by atoms with Crippen LogP contribution in [0.2, 0.25) is 0 Å². The summed E-state index contributed by atoms with van der Waals surface area (Å²) in [6.07, 6.45) is -0.416. The van der Waals surface area contributed by atoms with Gasteiger partial charge in [-0.15, -0.1) is 0 Å². The Labute approximate surface area is 85.7 Å². The number of aliphatic hydroxyl groups is 1. The van der Waals surface area contributed by atoms with Crippen LogP contribution >= 0.6 is 22.6 Å². The van der Waals surface area contributed by atoms with Gasteiger partial charge in [0.1, 0.15) is 12.4 Å². The molecule has 0 aliphatic carbocycles. The Morgan fingerprint density at radius 3 is 2.75 bits per heavy atom. The fourth-order valence-corrected chi connectivity index (χ4v) is 1.32. The molecule has 0 aliphatic heterocycles. The zero-order valence-electron chi connectivity index (χ0n) is 6.83. The third kappa shape index (κ3) is 2.98. The molecule has 66 valence electrons. The summed E-state index contributed by atoms with van der Waals surface area (Å²) in [6.45, 7) is 2.05. The highest BCUT2D eigenvalue weighted by Gasteiger charge is 2.00. The van der Waals surface area contributed by atoms with E-state index in [0.29, 0.717) is 6.61 Å². The van der Waals surface area contributed by atoms with Crippen molar-refractivity contribution in [3.8, 4) is 5.75 Å². The standard InChI is InChI=1S/C9H11IO2/c1-7(11)6-12-9-5-3-2-4-8(9)10/h2-5,7,11H,6H2,1H3/t7-/m1/s1. The second-order valence-corrected chi connectivity index (χ2v) is 3.75. The van der Waals surface area contributed by atoms with Gasteiger partial charge >= 0.3 is 0 Å². The van der Waals surface area contributed by atoms with E-state index in [0.717, 1.165) is 9.32 Å². The van der Waals surface area contributed by atoms with Gasteiger partial charge in [0.25, 0.3) is 0 Å². The molecule has 0 saturated carbocycles. The first-order chi connectivity index (χ1) is 5.70. The molecular formula is C9H11IO2. The maximum absolute atomic E-state index is 8.98. The molecule has 2 nitrogen and oxygen atoms in total. The third-order valence-corrected chi connectivity index (χ3v) is 2.21. The summed E-state index contributed by atoms with van der Waals surface area (Å²) in [7, 11) is 0. The average molecular weight is 278 g/mol. The van der Waals surface area contributed by atoms with Gasteiger partial charge in [-0.1, -0.05) is 12.1 Å². The minimum atomic E-state index is -0.416. The number of halogens is 1. The third-order valence-electron chi connectivity index (χ3n) is 1.32. The molecule has 0 saturated heterocycles. The lowest BCUT2D eigenvalue weighted by Gasteiger charge is -2.08. The predicted octanol–water partition coefficient (Wildman–Crippen LogP) is 2.05. The van der Waals surface area contributed by atoms with Crippen molar-refractivity contribution in [2.75, 3.05) is 6.61 Å². The monoisotopic (exact) mass is 278 g/mol. The van der Waals surface area contributed by atoms with E-state index in [1.54, 1.807) is 6.92 Å². The zero-order valence-corrected chi connectivity index (χ0v) is 8.98. The first-order valence-electron chi connectivity index (χ1n) is 3.75. The Hall–Kier alpha value is -0.290. The van der Waals surface area contributed by atoms with Gasteiger partial charge in [-0.2, -0.15) is 0 Å². The number of aliphatic hydroxyl groups excluding tert-OH is 1. The van der Waals surface area contributed by atoms with E-state index in [-0.39, 0.29) is 0 Å². The number of benzene rings is 1. The molecule has 0 spiro atoms. The SMILES string of the molecule is C[C@@H](O)COc1ccccc1I. The van der Waals surface area contributed by atoms with Crippen molar-refractivity contribution in [3.05, 3.63) is 27.8 Å². The molecule has 0 amide bonds. The Kier molecular flexibility index (Phi) is 3.81.